The van der Waals surface area contributed by atoms with Crippen molar-refractivity contribution in [2.24, 2.45) is 0 Å². The molecule has 0 aliphatic carbocycles. The number of β-amino-alcohol motifs (C(OH)–C–C–N with tert-alkyl or cyclic N) is 1. The van der Waals surface area contributed by atoms with Gasteiger partial charge in [-0.2, -0.15) is 4.31 Å². The van der Waals surface area contributed by atoms with Crippen molar-refractivity contribution in [2.45, 2.75) is 24.3 Å². The van der Waals surface area contributed by atoms with Gasteiger partial charge in [0, 0.05) is 18.8 Å². The van der Waals surface area contributed by atoms with Crippen LogP contribution in [-0.2, 0) is 10.0 Å². The van der Waals surface area contributed by atoms with Crippen LogP contribution in [0.15, 0.2) is 23.1 Å². The molecule has 0 saturated carbocycles. The summed E-state index contributed by atoms with van der Waals surface area (Å²) in [6.45, 7) is 2.35. The molecular weight excluding hydrogens is 240 g/mol. The van der Waals surface area contributed by atoms with Gasteiger partial charge < -0.3 is 10.8 Å². The fourth-order valence-electron chi connectivity index (χ4n) is 1.86. The maximum atomic E-state index is 12.2. The molecule has 0 bridgehead atoms. The van der Waals surface area contributed by atoms with Crippen LogP contribution in [0.1, 0.15) is 12.0 Å². The van der Waals surface area contributed by atoms with Crippen LogP contribution >= 0.6 is 0 Å². The van der Waals surface area contributed by atoms with Crippen molar-refractivity contribution in [2.75, 3.05) is 18.8 Å². The molecule has 1 fully saturated rings. The summed E-state index contributed by atoms with van der Waals surface area (Å²) in [5.41, 5.74) is 7.03. The topological polar surface area (TPSA) is 83.6 Å². The highest BCUT2D eigenvalue weighted by Crippen LogP contribution is 2.23. The predicted octanol–water partition coefficient (Wildman–Crippen LogP) is 0.333. The summed E-state index contributed by atoms with van der Waals surface area (Å²) in [4.78, 5) is 0.190. The van der Waals surface area contributed by atoms with Crippen molar-refractivity contribution in [3.05, 3.63) is 23.8 Å². The molecule has 6 heteroatoms. The van der Waals surface area contributed by atoms with Gasteiger partial charge in [0.2, 0.25) is 10.0 Å². The first-order chi connectivity index (χ1) is 7.91. The first-order valence-corrected chi connectivity index (χ1v) is 6.89. The lowest BCUT2D eigenvalue weighted by molar-refractivity contribution is 0.189. The average Bonchev–Trinajstić information content (AvgIpc) is 2.69. The van der Waals surface area contributed by atoms with Gasteiger partial charge in [-0.05, 0) is 31.0 Å². The zero-order valence-corrected chi connectivity index (χ0v) is 10.4. The molecule has 0 spiro atoms. The van der Waals surface area contributed by atoms with Crippen LogP contribution in [0.2, 0.25) is 0 Å². The van der Waals surface area contributed by atoms with Crippen LogP contribution < -0.4 is 5.73 Å². The number of aryl methyl sites for hydroxylation is 1. The van der Waals surface area contributed by atoms with Crippen molar-refractivity contribution in [3.63, 3.8) is 0 Å². The molecule has 1 aliphatic rings. The normalized spacial score (nSPS) is 21.9. The monoisotopic (exact) mass is 256 g/mol. The number of aliphatic hydroxyl groups is 1. The van der Waals surface area contributed by atoms with Crippen LogP contribution in [0, 0.1) is 6.92 Å². The van der Waals surface area contributed by atoms with Gasteiger partial charge in [0.25, 0.3) is 0 Å². The molecule has 1 unspecified atom stereocenters. The Labute approximate surface area is 101 Å². The molecule has 1 atom stereocenters. The van der Waals surface area contributed by atoms with Crippen molar-refractivity contribution >= 4 is 15.7 Å². The number of sulfonamides is 1. The number of nitrogens with two attached hydrogens (primary N) is 1. The first-order valence-electron chi connectivity index (χ1n) is 5.45. The summed E-state index contributed by atoms with van der Waals surface area (Å²) >= 11 is 0. The molecule has 0 radical (unpaired) electrons. The Balaban J connectivity index is 2.35. The summed E-state index contributed by atoms with van der Waals surface area (Å²) in [5.74, 6) is 0. The van der Waals surface area contributed by atoms with Gasteiger partial charge in [0.15, 0.2) is 0 Å². The highest BCUT2D eigenvalue weighted by molar-refractivity contribution is 7.89. The van der Waals surface area contributed by atoms with Crippen molar-refractivity contribution in [3.8, 4) is 0 Å². The molecule has 3 N–H and O–H groups in total. The van der Waals surface area contributed by atoms with Gasteiger partial charge in [-0.15, -0.1) is 0 Å². The molecule has 1 aromatic carbocycles. The SMILES string of the molecule is Cc1ccc(S(=O)(=O)N2CCC(O)C2)cc1N. The molecule has 94 valence electrons. The zero-order valence-electron chi connectivity index (χ0n) is 9.63. The minimum Gasteiger partial charge on any atom is -0.398 e. The molecule has 0 aromatic heterocycles. The van der Waals surface area contributed by atoms with Crippen LogP contribution in [-0.4, -0.2) is 37.0 Å². The summed E-state index contributed by atoms with van der Waals surface area (Å²) in [7, 11) is -3.52. The third-order valence-electron chi connectivity index (χ3n) is 3.01. The van der Waals surface area contributed by atoms with Crippen molar-refractivity contribution < 1.29 is 13.5 Å². The van der Waals surface area contributed by atoms with E-state index in [1.807, 2.05) is 6.92 Å². The summed E-state index contributed by atoms with van der Waals surface area (Å²) in [5, 5.41) is 9.38. The maximum absolute atomic E-state index is 12.2. The predicted molar refractivity (Wildman–Crippen MR) is 65.0 cm³/mol. The molecule has 2 rings (SSSR count). The number of hydrogen-bond donors (Lipinski definition) is 2. The third kappa shape index (κ3) is 2.29. The number of nitrogen functional groups attached to an aromatic ring is 1. The van der Waals surface area contributed by atoms with E-state index < -0.39 is 16.1 Å². The standard InChI is InChI=1S/C11H16N2O3S/c1-8-2-3-10(6-11(8)12)17(15,16)13-5-4-9(14)7-13/h2-3,6,9,14H,4-5,7,12H2,1H3. The van der Waals surface area contributed by atoms with Crippen LogP contribution in [0.3, 0.4) is 0 Å². The van der Waals surface area contributed by atoms with Crippen LogP contribution in [0.4, 0.5) is 5.69 Å². The van der Waals surface area contributed by atoms with Gasteiger partial charge in [-0.1, -0.05) is 6.07 Å². The van der Waals surface area contributed by atoms with E-state index in [4.69, 9.17) is 5.73 Å². The quantitative estimate of drug-likeness (QED) is 0.747. The molecular formula is C11H16N2O3S. The fraction of sp³-hybridized carbons (Fsp3) is 0.455. The molecule has 5 nitrogen and oxygen atoms in total. The Morgan fingerprint density at radius 1 is 1.47 bits per heavy atom. The van der Waals surface area contributed by atoms with E-state index in [1.165, 1.54) is 10.4 Å². The number of anilines is 1. The highest BCUT2D eigenvalue weighted by Gasteiger charge is 2.31. The number of rotatable bonds is 2. The second kappa shape index (κ2) is 4.29. The van der Waals surface area contributed by atoms with Crippen LogP contribution in [0.25, 0.3) is 0 Å². The van der Waals surface area contributed by atoms with E-state index in [0.29, 0.717) is 18.7 Å². The Bertz CT molecular complexity index is 528. The zero-order chi connectivity index (χ0) is 12.6. The number of hydrogen-bond acceptors (Lipinski definition) is 4. The summed E-state index contributed by atoms with van der Waals surface area (Å²) in [6.07, 6.45) is -0.0758. The minimum absolute atomic E-state index is 0.163. The molecule has 17 heavy (non-hydrogen) atoms. The smallest absolute Gasteiger partial charge is 0.243 e. The summed E-state index contributed by atoms with van der Waals surface area (Å²) in [6, 6.07) is 4.70. The van der Waals surface area contributed by atoms with Gasteiger partial charge >= 0.3 is 0 Å². The van der Waals surface area contributed by atoms with Gasteiger partial charge in [-0.3, -0.25) is 0 Å². The van der Waals surface area contributed by atoms with Crippen molar-refractivity contribution in [1.29, 1.82) is 0 Å². The number of aliphatic hydroxyl groups excluding tert-OH is 1. The minimum atomic E-state index is -3.52. The average molecular weight is 256 g/mol. The van der Waals surface area contributed by atoms with E-state index in [2.05, 4.69) is 0 Å². The Morgan fingerprint density at radius 2 is 2.18 bits per heavy atom. The van der Waals surface area contributed by atoms with E-state index >= 15 is 0 Å². The highest BCUT2D eigenvalue weighted by atomic mass is 32.2. The van der Waals surface area contributed by atoms with E-state index in [0.717, 1.165) is 5.56 Å². The first kappa shape index (κ1) is 12.3. The maximum Gasteiger partial charge on any atom is 0.243 e. The number of nitrogens with zero attached hydrogens (tertiary/aromatic N) is 1. The third-order valence-corrected chi connectivity index (χ3v) is 4.88. The molecule has 1 saturated heterocycles. The second-order valence-corrected chi connectivity index (χ2v) is 6.26. The van der Waals surface area contributed by atoms with E-state index in [-0.39, 0.29) is 11.4 Å². The lowest BCUT2D eigenvalue weighted by Crippen LogP contribution is -2.29. The molecule has 1 aliphatic heterocycles. The second-order valence-electron chi connectivity index (χ2n) is 4.32. The Kier molecular flexibility index (Phi) is 3.11. The lowest BCUT2D eigenvalue weighted by atomic mass is 10.2. The largest absolute Gasteiger partial charge is 0.398 e. The molecule has 1 aromatic rings. The molecule has 0 amide bonds. The van der Waals surface area contributed by atoms with Crippen molar-refractivity contribution in [1.82, 2.24) is 4.31 Å². The van der Waals surface area contributed by atoms with Crippen LogP contribution in [0.5, 0.6) is 0 Å². The lowest BCUT2D eigenvalue weighted by Gasteiger charge is -2.16. The van der Waals surface area contributed by atoms with Gasteiger partial charge in [0.1, 0.15) is 0 Å². The molecule has 1 heterocycles. The fourth-order valence-corrected chi connectivity index (χ4v) is 3.39. The van der Waals surface area contributed by atoms with Gasteiger partial charge in [0.05, 0.1) is 11.0 Å². The number of benzene rings is 1. The Morgan fingerprint density at radius 3 is 2.71 bits per heavy atom. The summed E-state index contributed by atoms with van der Waals surface area (Å²) < 4.78 is 25.7. The van der Waals surface area contributed by atoms with E-state index in [9.17, 15) is 13.5 Å². The Hall–Kier alpha value is -1.11. The van der Waals surface area contributed by atoms with Gasteiger partial charge in [-0.25, -0.2) is 8.42 Å². The van der Waals surface area contributed by atoms with E-state index in [1.54, 1.807) is 12.1 Å².